The first-order valence-electron chi connectivity index (χ1n) is 10.4. The summed E-state index contributed by atoms with van der Waals surface area (Å²) in [5, 5.41) is 11.2. The van der Waals surface area contributed by atoms with Gasteiger partial charge in [0.1, 0.15) is 25.1 Å². The van der Waals surface area contributed by atoms with Crippen LogP contribution in [0.5, 0.6) is 17.2 Å². The van der Waals surface area contributed by atoms with E-state index in [2.05, 4.69) is 0 Å². The average molecular weight is 430 g/mol. The molecule has 0 spiro atoms. The highest BCUT2D eigenvalue weighted by Crippen LogP contribution is 2.40. The zero-order valence-electron chi connectivity index (χ0n) is 16.5. The number of para-hydroxylation sites is 1. The fourth-order valence-corrected chi connectivity index (χ4v) is 4.93. The molecule has 2 fully saturated rings. The first-order chi connectivity index (χ1) is 14.6. The van der Waals surface area contributed by atoms with Gasteiger partial charge in [-0.05, 0) is 55.0 Å². The zero-order chi connectivity index (χ0) is 20.7. The number of carbonyl (C=O) groups is 1. The minimum absolute atomic E-state index is 0.0144. The SMILES string of the molecule is O=C(c1ccc2c(c1)OCCO2)N1C[C@H]2C[C@@H](Oc3ccccc3Cl)[C@H](O)C[C@H]2C1. The third-order valence-corrected chi connectivity index (χ3v) is 6.59. The van der Waals surface area contributed by atoms with Crippen LogP contribution >= 0.6 is 11.6 Å². The van der Waals surface area contributed by atoms with Gasteiger partial charge in [0.25, 0.3) is 5.91 Å². The van der Waals surface area contributed by atoms with E-state index in [9.17, 15) is 9.90 Å². The van der Waals surface area contributed by atoms with Crippen LogP contribution in [0, 0.1) is 11.8 Å². The van der Waals surface area contributed by atoms with Gasteiger partial charge in [-0.15, -0.1) is 0 Å². The van der Waals surface area contributed by atoms with Gasteiger partial charge in [-0.3, -0.25) is 4.79 Å². The van der Waals surface area contributed by atoms with Gasteiger partial charge in [0.15, 0.2) is 11.5 Å². The van der Waals surface area contributed by atoms with E-state index < -0.39 is 6.10 Å². The van der Waals surface area contributed by atoms with Crippen LogP contribution in [-0.4, -0.2) is 54.4 Å². The number of rotatable bonds is 3. The van der Waals surface area contributed by atoms with Gasteiger partial charge in [0, 0.05) is 18.7 Å². The van der Waals surface area contributed by atoms with Gasteiger partial charge in [-0.25, -0.2) is 0 Å². The standard InChI is InChI=1S/C23H24ClNO5/c24-17-3-1-2-4-19(17)30-21-11-16-13-25(12-15(16)9-18(21)26)23(27)14-5-6-20-22(10-14)29-8-7-28-20/h1-6,10,15-16,18,21,26H,7-9,11-13H2/t15-,16+,18+,21+/m0/s1. The highest BCUT2D eigenvalue weighted by molar-refractivity contribution is 6.32. The number of hydrogen-bond acceptors (Lipinski definition) is 5. The van der Waals surface area contributed by atoms with Gasteiger partial charge >= 0.3 is 0 Å². The molecule has 2 heterocycles. The molecule has 2 aromatic rings. The second-order valence-corrected chi connectivity index (χ2v) is 8.62. The number of nitrogens with zero attached hydrogens (tertiary/aromatic N) is 1. The molecule has 158 valence electrons. The molecule has 4 atom stereocenters. The smallest absolute Gasteiger partial charge is 0.254 e. The van der Waals surface area contributed by atoms with Gasteiger partial charge in [-0.2, -0.15) is 0 Å². The Balaban J connectivity index is 1.27. The molecule has 6 nitrogen and oxygen atoms in total. The number of aliphatic hydroxyl groups excluding tert-OH is 1. The van der Waals surface area contributed by atoms with Crippen molar-refractivity contribution in [1.82, 2.24) is 4.90 Å². The van der Waals surface area contributed by atoms with E-state index in [1.807, 2.05) is 23.1 Å². The zero-order valence-corrected chi connectivity index (χ0v) is 17.3. The maximum Gasteiger partial charge on any atom is 0.254 e. The summed E-state index contributed by atoms with van der Waals surface area (Å²) >= 11 is 6.21. The summed E-state index contributed by atoms with van der Waals surface area (Å²) < 4.78 is 17.2. The number of fused-ring (bicyclic) bond motifs is 2. The van der Waals surface area contributed by atoms with Crippen molar-refractivity contribution >= 4 is 17.5 Å². The van der Waals surface area contributed by atoms with Crippen molar-refractivity contribution in [2.45, 2.75) is 25.0 Å². The molecule has 0 bridgehead atoms. The van der Waals surface area contributed by atoms with Crippen molar-refractivity contribution in [3.05, 3.63) is 53.1 Å². The lowest BCUT2D eigenvalue weighted by atomic mass is 9.78. The fourth-order valence-electron chi connectivity index (χ4n) is 4.75. The lowest BCUT2D eigenvalue weighted by molar-refractivity contribution is -0.0231. The van der Waals surface area contributed by atoms with Crippen LogP contribution < -0.4 is 14.2 Å². The number of likely N-dealkylation sites (tertiary alicyclic amines) is 1. The number of amides is 1. The van der Waals surface area contributed by atoms with E-state index in [0.717, 1.165) is 0 Å². The summed E-state index contributed by atoms with van der Waals surface area (Å²) in [6.07, 6.45) is 0.412. The molecule has 30 heavy (non-hydrogen) atoms. The predicted octanol–water partition coefficient (Wildman–Crippen LogP) is 3.40. The summed E-state index contributed by atoms with van der Waals surface area (Å²) in [6.45, 7) is 2.32. The molecule has 0 aromatic heterocycles. The highest BCUT2D eigenvalue weighted by atomic mass is 35.5. The Morgan fingerprint density at radius 1 is 1.03 bits per heavy atom. The molecule has 3 aliphatic rings. The second-order valence-electron chi connectivity index (χ2n) is 8.21. The molecule has 5 rings (SSSR count). The van der Waals surface area contributed by atoms with Crippen molar-refractivity contribution in [2.75, 3.05) is 26.3 Å². The first-order valence-corrected chi connectivity index (χ1v) is 10.7. The van der Waals surface area contributed by atoms with Crippen LogP contribution in [0.25, 0.3) is 0 Å². The van der Waals surface area contributed by atoms with Crippen molar-refractivity contribution in [3.8, 4) is 17.2 Å². The van der Waals surface area contributed by atoms with Gasteiger partial charge in [0.05, 0.1) is 11.1 Å². The minimum atomic E-state index is -0.577. The summed E-state index contributed by atoms with van der Waals surface area (Å²) in [4.78, 5) is 15.0. The number of halogens is 1. The molecule has 1 N–H and O–H groups in total. The number of benzene rings is 2. The van der Waals surface area contributed by atoms with Crippen LogP contribution in [-0.2, 0) is 0 Å². The van der Waals surface area contributed by atoms with Crippen molar-refractivity contribution in [3.63, 3.8) is 0 Å². The van der Waals surface area contributed by atoms with Crippen LogP contribution in [0.15, 0.2) is 42.5 Å². The summed E-state index contributed by atoms with van der Waals surface area (Å²) in [7, 11) is 0. The minimum Gasteiger partial charge on any atom is -0.486 e. The Labute approximate surface area is 180 Å². The third kappa shape index (κ3) is 3.70. The number of ether oxygens (including phenoxy) is 3. The van der Waals surface area contributed by atoms with Crippen molar-refractivity contribution in [2.24, 2.45) is 11.8 Å². The monoisotopic (exact) mass is 429 g/mol. The molecule has 2 aromatic carbocycles. The Bertz CT molecular complexity index is 951. The first kappa shape index (κ1) is 19.5. The quantitative estimate of drug-likeness (QED) is 0.809. The van der Waals surface area contributed by atoms with Crippen LogP contribution in [0.3, 0.4) is 0 Å². The van der Waals surface area contributed by atoms with Gasteiger partial charge < -0.3 is 24.2 Å². The van der Waals surface area contributed by atoms with Crippen LogP contribution in [0.1, 0.15) is 23.2 Å². The molecule has 7 heteroatoms. The summed E-state index contributed by atoms with van der Waals surface area (Å²) in [5.74, 6) is 2.43. The number of carbonyl (C=O) groups excluding carboxylic acids is 1. The van der Waals surface area contributed by atoms with E-state index in [4.69, 9.17) is 25.8 Å². The average Bonchev–Trinajstić information content (AvgIpc) is 3.17. The van der Waals surface area contributed by atoms with E-state index in [1.54, 1.807) is 24.3 Å². The normalized spacial score (nSPS) is 27.5. The van der Waals surface area contributed by atoms with E-state index in [-0.39, 0.29) is 17.9 Å². The molecule has 0 radical (unpaired) electrons. The molecule has 1 aliphatic carbocycles. The lowest BCUT2D eigenvalue weighted by Crippen LogP contribution is -2.42. The summed E-state index contributed by atoms with van der Waals surface area (Å²) in [6, 6.07) is 12.6. The maximum atomic E-state index is 13.1. The van der Waals surface area contributed by atoms with E-state index in [0.29, 0.717) is 72.9 Å². The summed E-state index contributed by atoms with van der Waals surface area (Å²) in [5.41, 5.74) is 0.599. The topological polar surface area (TPSA) is 68.2 Å². The highest BCUT2D eigenvalue weighted by Gasteiger charge is 2.44. The molecule has 2 aliphatic heterocycles. The largest absolute Gasteiger partial charge is 0.486 e. The number of hydrogen-bond donors (Lipinski definition) is 1. The molecule has 0 unspecified atom stereocenters. The maximum absolute atomic E-state index is 13.1. The van der Waals surface area contributed by atoms with E-state index >= 15 is 0 Å². The predicted molar refractivity (Wildman–Crippen MR) is 111 cm³/mol. The molecular formula is C23H24ClNO5. The van der Waals surface area contributed by atoms with Crippen LogP contribution in [0.4, 0.5) is 0 Å². The molecular weight excluding hydrogens is 406 g/mol. The van der Waals surface area contributed by atoms with Gasteiger partial charge in [-0.1, -0.05) is 23.7 Å². The van der Waals surface area contributed by atoms with Gasteiger partial charge in [0.2, 0.25) is 0 Å². The Morgan fingerprint density at radius 2 is 1.77 bits per heavy atom. The molecule has 1 amide bonds. The molecule has 1 saturated heterocycles. The van der Waals surface area contributed by atoms with Crippen molar-refractivity contribution < 1.29 is 24.1 Å². The third-order valence-electron chi connectivity index (χ3n) is 6.28. The van der Waals surface area contributed by atoms with Crippen LogP contribution in [0.2, 0.25) is 5.02 Å². The van der Waals surface area contributed by atoms with E-state index in [1.165, 1.54) is 0 Å². The van der Waals surface area contributed by atoms with Crippen molar-refractivity contribution in [1.29, 1.82) is 0 Å². The second kappa shape index (κ2) is 8.00. The molecule has 1 saturated carbocycles. The number of aliphatic hydroxyl groups is 1. The Morgan fingerprint density at radius 3 is 2.57 bits per heavy atom. The fraction of sp³-hybridized carbons (Fsp3) is 0.435. The Hall–Kier alpha value is -2.44. The Kier molecular flexibility index (Phi) is 5.21. The lowest BCUT2D eigenvalue weighted by Gasteiger charge is -2.35.